The zero-order valence-electron chi connectivity index (χ0n) is 13.8. The van der Waals surface area contributed by atoms with Crippen molar-refractivity contribution in [1.29, 1.82) is 0 Å². The zero-order valence-corrected chi connectivity index (χ0v) is 14.6. The molecule has 1 amide bonds. The molecule has 0 radical (unpaired) electrons. The van der Waals surface area contributed by atoms with Crippen LogP contribution in [-0.2, 0) is 17.8 Å². The van der Waals surface area contributed by atoms with Crippen molar-refractivity contribution in [3.05, 3.63) is 40.9 Å². The quantitative estimate of drug-likeness (QED) is 0.811. The van der Waals surface area contributed by atoms with Crippen LogP contribution in [0.5, 0.6) is 0 Å². The van der Waals surface area contributed by atoms with Crippen LogP contribution in [0.25, 0.3) is 10.6 Å². The Hall–Kier alpha value is -1.72. The highest BCUT2D eigenvalue weighted by Gasteiger charge is 2.24. The first-order valence-corrected chi connectivity index (χ1v) is 9.16. The fourth-order valence-electron chi connectivity index (χ4n) is 2.56. The number of benzene rings is 1. The Kier molecular flexibility index (Phi) is 5.08. The van der Waals surface area contributed by atoms with Crippen molar-refractivity contribution in [1.82, 2.24) is 10.3 Å². The van der Waals surface area contributed by atoms with Gasteiger partial charge in [-0.2, -0.15) is 0 Å². The minimum Gasteiger partial charge on any atom is -0.348 e. The molecule has 0 saturated heterocycles. The maximum Gasteiger partial charge on any atom is 0.275 e. The Morgan fingerprint density at radius 2 is 2.09 bits per heavy atom. The molecule has 2 N–H and O–H groups in total. The summed E-state index contributed by atoms with van der Waals surface area (Å²) in [6.45, 7) is 3.45. The van der Waals surface area contributed by atoms with E-state index in [4.69, 9.17) is 4.98 Å². The number of nitrogens with one attached hydrogen (secondary N) is 2. The van der Waals surface area contributed by atoms with E-state index in [9.17, 15) is 4.79 Å². The molecule has 4 nitrogen and oxygen atoms in total. The van der Waals surface area contributed by atoms with E-state index >= 15 is 0 Å². The van der Waals surface area contributed by atoms with Crippen LogP contribution in [0.1, 0.15) is 31.0 Å². The molecule has 5 heteroatoms. The van der Waals surface area contributed by atoms with Gasteiger partial charge in [0.2, 0.25) is 0 Å². The first kappa shape index (κ1) is 16.1. The minimum absolute atomic E-state index is 0.149. The number of aryl methyl sites for hydroxylation is 1. The zero-order chi connectivity index (χ0) is 16.2. The second-order valence-corrected chi connectivity index (χ2v) is 7.21. The van der Waals surface area contributed by atoms with Gasteiger partial charge in [0.25, 0.3) is 5.91 Å². The van der Waals surface area contributed by atoms with Gasteiger partial charge < -0.3 is 10.2 Å². The first-order valence-electron chi connectivity index (χ1n) is 8.28. The van der Waals surface area contributed by atoms with Crippen molar-refractivity contribution in [3.8, 4) is 10.6 Å². The largest absolute Gasteiger partial charge is 0.348 e. The van der Waals surface area contributed by atoms with Crippen LogP contribution >= 0.6 is 11.3 Å². The van der Waals surface area contributed by atoms with Gasteiger partial charge in [-0.15, -0.1) is 11.3 Å². The molecule has 1 aliphatic rings. The molecule has 1 saturated carbocycles. The summed E-state index contributed by atoms with van der Waals surface area (Å²) in [5, 5.41) is 6.19. The van der Waals surface area contributed by atoms with E-state index in [2.05, 4.69) is 41.9 Å². The summed E-state index contributed by atoms with van der Waals surface area (Å²) in [6, 6.07) is 9.04. The molecule has 1 aromatic heterocycles. The van der Waals surface area contributed by atoms with Crippen molar-refractivity contribution in [2.75, 3.05) is 13.6 Å². The van der Waals surface area contributed by atoms with E-state index in [-0.39, 0.29) is 5.91 Å². The van der Waals surface area contributed by atoms with E-state index in [0.29, 0.717) is 12.6 Å². The molecule has 23 heavy (non-hydrogen) atoms. The molecule has 2 aromatic rings. The minimum atomic E-state index is 0.149. The third-order valence-corrected chi connectivity index (χ3v) is 4.99. The van der Waals surface area contributed by atoms with Crippen LogP contribution in [-0.4, -0.2) is 30.5 Å². The molecule has 3 rings (SSSR count). The molecule has 0 bridgehead atoms. The van der Waals surface area contributed by atoms with Gasteiger partial charge in [-0.1, -0.05) is 31.2 Å². The maximum atomic E-state index is 11.8. The summed E-state index contributed by atoms with van der Waals surface area (Å²) < 4.78 is 0. The summed E-state index contributed by atoms with van der Waals surface area (Å²) in [5.74, 6) is 0.149. The number of hydrogen-bond acceptors (Lipinski definition) is 3. The lowest BCUT2D eigenvalue weighted by molar-refractivity contribution is -0.885. The highest BCUT2D eigenvalue weighted by atomic mass is 32.1. The fraction of sp³-hybridized carbons (Fsp3) is 0.444. The third kappa shape index (κ3) is 4.62. The predicted molar refractivity (Wildman–Crippen MR) is 93.6 cm³/mol. The molecule has 1 atom stereocenters. The number of quaternary nitrogens is 1. The fourth-order valence-corrected chi connectivity index (χ4v) is 3.38. The van der Waals surface area contributed by atoms with Crippen LogP contribution in [0.2, 0.25) is 0 Å². The van der Waals surface area contributed by atoms with E-state index in [1.165, 1.54) is 16.0 Å². The van der Waals surface area contributed by atoms with Gasteiger partial charge in [-0.05, 0) is 24.8 Å². The third-order valence-electron chi connectivity index (χ3n) is 4.05. The monoisotopic (exact) mass is 330 g/mol. The summed E-state index contributed by atoms with van der Waals surface area (Å²) in [7, 11) is 2.04. The number of carbonyl (C=O) groups excluding carboxylic acids is 1. The number of aromatic nitrogens is 1. The standard InChI is InChI=1S/C18H23N3OS/c1-3-13-4-6-14(7-5-13)18-20-16(12-23-18)10-21(2)11-17(22)19-15-8-9-15/h4-7,12,15H,3,8-11H2,1-2H3,(H,19,22)/p+1. The number of rotatable bonds is 7. The van der Waals surface area contributed by atoms with Crippen LogP contribution in [0.4, 0.5) is 0 Å². The molecule has 1 unspecified atom stereocenters. The van der Waals surface area contributed by atoms with E-state index in [1.807, 2.05) is 7.05 Å². The Morgan fingerprint density at radius 1 is 1.35 bits per heavy atom. The second-order valence-electron chi connectivity index (χ2n) is 6.35. The van der Waals surface area contributed by atoms with E-state index in [0.717, 1.165) is 36.5 Å². The van der Waals surface area contributed by atoms with Gasteiger partial charge in [0, 0.05) is 17.0 Å². The molecule has 1 fully saturated rings. The average molecular weight is 330 g/mol. The van der Waals surface area contributed by atoms with Crippen molar-refractivity contribution < 1.29 is 9.69 Å². The number of thiazole rings is 1. The average Bonchev–Trinajstić information content (AvgIpc) is 3.22. The Balaban J connectivity index is 1.56. The summed E-state index contributed by atoms with van der Waals surface area (Å²) in [6.07, 6.45) is 3.33. The summed E-state index contributed by atoms with van der Waals surface area (Å²) in [5.41, 5.74) is 3.57. The number of likely N-dealkylation sites (N-methyl/N-ethyl adjacent to an activating group) is 1. The van der Waals surface area contributed by atoms with Crippen molar-refractivity contribution >= 4 is 17.2 Å². The number of carbonyl (C=O) groups is 1. The number of hydrogen-bond donors (Lipinski definition) is 2. The maximum absolute atomic E-state index is 11.8. The van der Waals surface area contributed by atoms with Gasteiger partial charge in [0.05, 0.1) is 7.05 Å². The van der Waals surface area contributed by atoms with Crippen molar-refractivity contribution in [2.45, 2.75) is 38.8 Å². The van der Waals surface area contributed by atoms with Crippen LogP contribution in [0, 0.1) is 0 Å². The SMILES string of the molecule is CCc1ccc(-c2nc(C[NH+](C)CC(=O)NC3CC3)cs2)cc1. The lowest BCUT2D eigenvalue weighted by Crippen LogP contribution is -3.09. The smallest absolute Gasteiger partial charge is 0.275 e. The summed E-state index contributed by atoms with van der Waals surface area (Å²) >= 11 is 1.67. The van der Waals surface area contributed by atoms with Crippen molar-refractivity contribution in [2.24, 2.45) is 0 Å². The lowest BCUT2D eigenvalue weighted by atomic mass is 10.1. The topological polar surface area (TPSA) is 46.4 Å². The Morgan fingerprint density at radius 3 is 2.74 bits per heavy atom. The Bertz CT molecular complexity index is 661. The first-order chi connectivity index (χ1) is 11.1. The molecular formula is C18H24N3OS+. The number of amides is 1. The van der Waals surface area contributed by atoms with Gasteiger partial charge in [0.1, 0.15) is 17.2 Å². The molecule has 1 aromatic carbocycles. The Labute approximate surface area is 141 Å². The molecule has 1 aliphatic carbocycles. The molecule has 122 valence electrons. The highest BCUT2D eigenvalue weighted by Crippen LogP contribution is 2.24. The highest BCUT2D eigenvalue weighted by molar-refractivity contribution is 7.13. The van der Waals surface area contributed by atoms with Crippen LogP contribution in [0.15, 0.2) is 29.6 Å². The van der Waals surface area contributed by atoms with E-state index < -0.39 is 0 Å². The molecule has 0 spiro atoms. The molecule has 1 heterocycles. The van der Waals surface area contributed by atoms with E-state index in [1.54, 1.807) is 11.3 Å². The van der Waals surface area contributed by atoms with Gasteiger partial charge in [-0.25, -0.2) is 4.98 Å². The van der Waals surface area contributed by atoms with Gasteiger partial charge >= 0.3 is 0 Å². The normalized spacial score (nSPS) is 15.4. The molecule has 0 aliphatic heterocycles. The number of nitrogens with zero attached hydrogens (tertiary/aromatic N) is 1. The summed E-state index contributed by atoms with van der Waals surface area (Å²) in [4.78, 5) is 17.7. The van der Waals surface area contributed by atoms with Crippen LogP contribution in [0.3, 0.4) is 0 Å². The van der Waals surface area contributed by atoms with Crippen LogP contribution < -0.4 is 10.2 Å². The lowest BCUT2D eigenvalue weighted by Gasteiger charge is -2.12. The predicted octanol–water partition coefficient (Wildman–Crippen LogP) is 1.67. The van der Waals surface area contributed by atoms with Gasteiger partial charge in [0.15, 0.2) is 6.54 Å². The van der Waals surface area contributed by atoms with Gasteiger partial charge in [-0.3, -0.25) is 4.79 Å². The molecular weight excluding hydrogens is 306 g/mol. The second kappa shape index (κ2) is 7.23. The van der Waals surface area contributed by atoms with Crippen molar-refractivity contribution in [3.63, 3.8) is 0 Å².